The van der Waals surface area contributed by atoms with Crippen molar-refractivity contribution in [1.29, 1.82) is 0 Å². The number of rotatable bonds is 3. The molecule has 2 aliphatic heterocycles. The summed E-state index contributed by atoms with van der Waals surface area (Å²) in [6.07, 6.45) is 0.211. The monoisotopic (exact) mass is 286 g/mol. The van der Waals surface area contributed by atoms with Crippen molar-refractivity contribution in [2.75, 3.05) is 31.1 Å². The third-order valence-corrected chi connectivity index (χ3v) is 4.66. The summed E-state index contributed by atoms with van der Waals surface area (Å²) in [7, 11) is 0. The summed E-state index contributed by atoms with van der Waals surface area (Å²) >= 11 is 1.55. The Hall–Kier alpha value is -1.24. The first-order chi connectivity index (χ1) is 9.04. The van der Waals surface area contributed by atoms with Crippen molar-refractivity contribution in [2.24, 2.45) is 5.92 Å². The summed E-state index contributed by atoms with van der Waals surface area (Å²) < 4.78 is 0. The van der Waals surface area contributed by atoms with Gasteiger partial charge in [0.05, 0.1) is 5.92 Å². The molecule has 0 saturated carbocycles. The third kappa shape index (κ3) is 2.86. The Balaban J connectivity index is 2.06. The maximum absolute atomic E-state index is 12.4. The van der Waals surface area contributed by atoms with E-state index in [0.29, 0.717) is 25.4 Å². The maximum atomic E-state index is 12.4. The second-order valence-corrected chi connectivity index (χ2v) is 5.94. The SMILES string of the molecule is CCN1CC(C(=O)N2CCSCC2C(=O)O)CC1=O. The Morgan fingerprint density at radius 3 is 2.79 bits per heavy atom. The molecule has 0 aromatic carbocycles. The predicted molar refractivity (Wildman–Crippen MR) is 70.8 cm³/mol. The van der Waals surface area contributed by atoms with Crippen LogP contribution in [0.3, 0.4) is 0 Å². The molecule has 1 N–H and O–H groups in total. The normalized spacial score (nSPS) is 27.7. The van der Waals surface area contributed by atoms with Gasteiger partial charge in [-0.1, -0.05) is 0 Å². The predicted octanol–water partition coefficient (Wildman–Crippen LogP) is -0.117. The van der Waals surface area contributed by atoms with Crippen molar-refractivity contribution in [3.63, 3.8) is 0 Å². The fourth-order valence-electron chi connectivity index (χ4n) is 2.55. The van der Waals surface area contributed by atoms with E-state index in [1.807, 2.05) is 6.92 Å². The van der Waals surface area contributed by atoms with Crippen molar-refractivity contribution >= 4 is 29.5 Å². The first kappa shape index (κ1) is 14.2. The van der Waals surface area contributed by atoms with Gasteiger partial charge in [0, 0.05) is 37.6 Å². The highest BCUT2D eigenvalue weighted by Gasteiger charge is 2.40. The number of likely N-dealkylation sites (tertiary alicyclic amines) is 1. The van der Waals surface area contributed by atoms with Crippen molar-refractivity contribution < 1.29 is 19.5 Å². The molecule has 0 aromatic rings. The maximum Gasteiger partial charge on any atom is 0.327 e. The molecule has 2 amide bonds. The fraction of sp³-hybridized carbons (Fsp3) is 0.750. The van der Waals surface area contributed by atoms with Gasteiger partial charge in [0.2, 0.25) is 11.8 Å². The van der Waals surface area contributed by atoms with E-state index in [4.69, 9.17) is 5.11 Å². The quantitative estimate of drug-likeness (QED) is 0.783. The van der Waals surface area contributed by atoms with Crippen LogP contribution in [-0.2, 0) is 14.4 Å². The number of carboxylic acids is 1. The van der Waals surface area contributed by atoms with Crippen LogP contribution in [0.4, 0.5) is 0 Å². The Morgan fingerprint density at radius 2 is 2.21 bits per heavy atom. The number of aliphatic carboxylic acids is 1. The summed E-state index contributed by atoms with van der Waals surface area (Å²) in [5.74, 6) is -0.349. The Bertz CT molecular complexity index is 401. The van der Waals surface area contributed by atoms with Crippen molar-refractivity contribution in [1.82, 2.24) is 9.80 Å². The van der Waals surface area contributed by atoms with Crippen LogP contribution in [0.25, 0.3) is 0 Å². The van der Waals surface area contributed by atoms with Gasteiger partial charge in [-0.05, 0) is 6.92 Å². The summed E-state index contributed by atoms with van der Waals surface area (Å²) in [4.78, 5) is 38.3. The van der Waals surface area contributed by atoms with Gasteiger partial charge in [0.25, 0.3) is 0 Å². The van der Waals surface area contributed by atoms with Gasteiger partial charge < -0.3 is 14.9 Å². The van der Waals surface area contributed by atoms with Gasteiger partial charge in [0.1, 0.15) is 6.04 Å². The zero-order valence-electron chi connectivity index (χ0n) is 10.9. The summed E-state index contributed by atoms with van der Waals surface area (Å²) in [5.41, 5.74) is 0. The Labute approximate surface area is 116 Å². The number of carboxylic acid groups (broad SMARTS) is 1. The van der Waals surface area contributed by atoms with E-state index in [2.05, 4.69) is 0 Å². The first-order valence-electron chi connectivity index (χ1n) is 6.43. The number of hydrogen-bond donors (Lipinski definition) is 1. The van der Waals surface area contributed by atoms with E-state index in [1.165, 1.54) is 4.90 Å². The fourth-order valence-corrected chi connectivity index (χ4v) is 3.59. The van der Waals surface area contributed by atoms with Crippen molar-refractivity contribution in [3.05, 3.63) is 0 Å². The lowest BCUT2D eigenvalue weighted by atomic mass is 10.1. The molecule has 2 atom stereocenters. The second-order valence-electron chi connectivity index (χ2n) is 4.79. The van der Waals surface area contributed by atoms with Gasteiger partial charge in [-0.3, -0.25) is 9.59 Å². The molecule has 0 spiro atoms. The van der Waals surface area contributed by atoms with E-state index < -0.39 is 12.0 Å². The van der Waals surface area contributed by atoms with Gasteiger partial charge in [-0.25, -0.2) is 4.79 Å². The Morgan fingerprint density at radius 1 is 1.47 bits per heavy atom. The number of carbonyl (C=O) groups excluding carboxylic acids is 2. The molecular formula is C12H18N2O4S. The van der Waals surface area contributed by atoms with Crippen LogP contribution < -0.4 is 0 Å². The minimum absolute atomic E-state index is 0.0147. The van der Waals surface area contributed by atoms with Gasteiger partial charge in [-0.2, -0.15) is 11.8 Å². The molecule has 0 radical (unpaired) electrons. The summed E-state index contributed by atoms with van der Waals surface area (Å²) in [6.45, 7) is 3.35. The van der Waals surface area contributed by atoms with Crippen LogP contribution in [0, 0.1) is 5.92 Å². The van der Waals surface area contributed by atoms with Gasteiger partial charge in [-0.15, -0.1) is 0 Å². The first-order valence-corrected chi connectivity index (χ1v) is 7.58. The lowest BCUT2D eigenvalue weighted by Crippen LogP contribution is -2.52. The number of amides is 2. The lowest BCUT2D eigenvalue weighted by Gasteiger charge is -2.34. The van der Waals surface area contributed by atoms with E-state index in [0.717, 1.165) is 5.75 Å². The molecule has 6 nitrogen and oxygen atoms in total. The molecule has 2 rings (SSSR count). The molecule has 2 saturated heterocycles. The second kappa shape index (κ2) is 5.81. The van der Waals surface area contributed by atoms with Crippen LogP contribution >= 0.6 is 11.8 Å². The molecule has 2 fully saturated rings. The molecule has 0 bridgehead atoms. The molecule has 2 unspecified atom stereocenters. The van der Waals surface area contributed by atoms with E-state index in [-0.39, 0.29) is 24.2 Å². The number of thioether (sulfide) groups is 1. The molecule has 7 heteroatoms. The van der Waals surface area contributed by atoms with Crippen molar-refractivity contribution in [2.45, 2.75) is 19.4 Å². The highest BCUT2D eigenvalue weighted by molar-refractivity contribution is 7.99. The van der Waals surface area contributed by atoms with E-state index in [1.54, 1.807) is 16.7 Å². The van der Waals surface area contributed by atoms with Crippen LogP contribution in [-0.4, -0.2) is 69.9 Å². The number of nitrogens with zero attached hydrogens (tertiary/aromatic N) is 2. The van der Waals surface area contributed by atoms with Crippen LogP contribution in [0.15, 0.2) is 0 Å². The molecular weight excluding hydrogens is 268 g/mol. The van der Waals surface area contributed by atoms with Crippen LogP contribution in [0.5, 0.6) is 0 Å². The third-order valence-electron chi connectivity index (χ3n) is 3.64. The minimum Gasteiger partial charge on any atom is -0.480 e. The van der Waals surface area contributed by atoms with E-state index >= 15 is 0 Å². The Kier molecular flexibility index (Phi) is 4.34. The topological polar surface area (TPSA) is 77.9 Å². The number of carbonyl (C=O) groups is 3. The molecule has 0 aromatic heterocycles. The zero-order valence-corrected chi connectivity index (χ0v) is 11.7. The summed E-state index contributed by atoms with van der Waals surface area (Å²) in [5, 5.41) is 9.17. The van der Waals surface area contributed by atoms with E-state index in [9.17, 15) is 14.4 Å². The lowest BCUT2D eigenvalue weighted by molar-refractivity contribution is -0.150. The van der Waals surface area contributed by atoms with Gasteiger partial charge in [0.15, 0.2) is 0 Å². The molecule has 0 aliphatic carbocycles. The highest BCUT2D eigenvalue weighted by Crippen LogP contribution is 2.24. The minimum atomic E-state index is -0.961. The summed E-state index contributed by atoms with van der Waals surface area (Å²) in [6, 6.07) is -0.753. The van der Waals surface area contributed by atoms with Gasteiger partial charge >= 0.3 is 5.97 Å². The molecule has 2 heterocycles. The standard InChI is InChI=1S/C12H18N2O4S/c1-2-13-6-8(5-10(13)15)11(16)14-3-4-19-7-9(14)12(17)18/h8-9H,2-7H2,1H3,(H,17,18). The average molecular weight is 286 g/mol. The molecule has 19 heavy (non-hydrogen) atoms. The van der Waals surface area contributed by atoms with Crippen LogP contribution in [0.2, 0.25) is 0 Å². The largest absolute Gasteiger partial charge is 0.480 e. The van der Waals surface area contributed by atoms with Crippen molar-refractivity contribution in [3.8, 4) is 0 Å². The molecule has 106 valence electrons. The average Bonchev–Trinajstić information content (AvgIpc) is 2.79. The highest BCUT2D eigenvalue weighted by atomic mass is 32.2. The number of hydrogen-bond acceptors (Lipinski definition) is 4. The smallest absolute Gasteiger partial charge is 0.327 e. The van der Waals surface area contributed by atoms with Crippen LogP contribution in [0.1, 0.15) is 13.3 Å². The molecule has 2 aliphatic rings. The zero-order chi connectivity index (χ0) is 14.0.